The molecule has 0 bridgehead atoms. The van der Waals surface area contributed by atoms with Gasteiger partial charge < -0.3 is 10.5 Å². The smallest absolute Gasteiger partial charge is 0.120 e. The molecule has 0 saturated carbocycles. The first-order chi connectivity index (χ1) is 6.27. The number of nitrogen functional groups attached to an aromatic ring is 1. The monoisotopic (exact) mass is 193 g/mol. The normalized spacial score (nSPS) is 9.23. The van der Waals surface area contributed by atoms with Crippen molar-refractivity contribution in [2.75, 3.05) is 18.6 Å². The van der Waals surface area contributed by atoms with Gasteiger partial charge in [0, 0.05) is 10.6 Å². The standard InChI is InChI=1S/C10H11NOS/c1-3-6-13-10-7-8(12-2)4-5-9(10)11/h1,4-5,7H,6,11H2,2H3. The van der Waals surface area contributed by atoms with Crippen LogP contribution in [0.2, 0.25) is 0 Å². The first-order valence-electron chi connectivity index (χ1n) is 3.77. The van der Waals surface area contributed by atoms with Gasteiger partial charge in [-0.15, -0.1) is 18.2 Å². The highest BCUT2D eigenvalue weighted by atomic mass is 32.2. The van der Waals surface area contributed by atoms with E-state index < -0.39 is 0 Å². The third-order valence-electron chi connectivity index (χ3n) is 1.53. The van der Waals surface area contributed by atoms with Gasteiger partial charge >= 0.3 is 0 Å². The van der Waals surface area contributed by atoms with Crippen LogP contribution >= 0.6 is 11.8 Å². The Bertz CT molecular complexity index is 330. The van der Waals surface area contributed by atoms with Crippen molar-refractivity contribution in [3.05, 3.63) is 18.2 Å². The van der Waals surface area contributed by atoms with Crippen LogP contribution in [0.4, 0.5) is 5.69 Å². The Morgan fingerprint density at radius 3 is 3.00 bits per heavy atom. The van der Waals surface area contributed by atoms with E-state index in [0.29, 0.717) is 5.75 Å². The molecular formula is C10H11NOS. The lowest BCUT2D eigenvalue weighted by Gasteiger charge is -2.05. The van der Waals surface area contributed by atoms with Crippen molar-refractivity contribution < 1.29 is 4.74 Å². The number of anilines is 1. The van der Waals surface area contributed by atoms with E-state index in [1.54, 1.807) is 7.11 Å². The van der Waals surface area contributed by atoms with Crippen LogP contribution in [-0.4, -0.2) is 12.9 Å². The molecule has 0 aliphatic rings. The van der Waals surface area contributed by atoms with Crippen LogP contribution in [-0.2, 0) is 0 Å². The maximum Gasteiger partial charge on any atom is 0.120 e. The highest BCUT2D eigenvalue weighted by Crippen LogP contribution is 2.28. The van der Waals surface area contributed by atoms with Crippen molar-refractivity contribution in [3.8, 4) is 18.1 Å². The highest BCUT2D eigenvalue weighted by molar-refractivity contribution is 7.99. The zero-order valence-corrected chi connectivity index (χ0v) is 8.23. The number of nitrogens with two attached hydrogens (primary N) is 1. The number of hydrogen-bond acceptors (Lipinski definition) is 3. The molecular weight excluding hydrogens is 182 g/mol. The van der Waals surface area contributed by atoms with Crippen molar-refractivity contribution >= 4 is 17.4 Å². The SMILES string of the molecule is C#CCSc1cc(OC)ccc1N. The Balaban J connectivity index is 2.85. The molecule has 0 aromatic heterocycles. The van der Waals surface area contributed by atoms with E-state index in [1.807, 2.05) is 18.2 Å². The average Bonchev–Trinajstić information content (AvgIpc) is 2.17. The molecule has 0 fully saturated rings. The molecule has 0 saturated heterocycles. The van der Waals surface area contributed by atoms with Gasteiger partial charge in [0.25, 0.3) is 0 Å². The van der Waals surface area contributed by atoms with E-state index in [4.69, 9.17) is 16.9 Å². The molecule has 1 rings (SSSR count). The van der Waals surface area contributed by atoms with Gasteiger partial charge in [0.15, 0.2) is 0 Å². The number of methoxy groups -OCH3 is 1. The fourth-order valence-corrected chi connectivity index (χ4v) is 1.56. The van der Waals surface area contributed by atoms with Crippen LogP contribution in [0.5, 0.6) is 5.75 Å². The summed E-state index contributed by atoms with van der Waals surface area (Å²) in [5.74, 6) is 3.97. The van der Waals surface area contributed by atoms with Gasteiger partial charge in [-0.1, -0.05) is 5.92 Å². The molecule has 0 radical (unpaired) electrons. The van der Waals surface area contributed by atoms with E-state index in [0.717, 1.165) is 16.3 Å². The average molecular weight is 193 g/mol. The number of thioether (sulfide) groups is 1. The van der Waals surface area contributed by atoms with Gasteiger partial charge in [-0.25, -0.2) is 0 Å². The summed E-state index contributed by atoms with van der Waals surface area (Å²) in [4.78, 5) is 0.970. The summed E-state index contributed by atoms with van der Waals surface area (Å²) >= 11 is 1.54. The first-order valence-corrected chi connectivity index (χ1v) is 4.76. The van der Waals surface area contributed by atoms with Crippen LogP contribution in [0.15, 0.2) is 23.1 Å². The number of benzene rings is 1. The largest absolute Gasteiger partial charge is 0.497 e. The summed E-state index contributed by atoms with van der Waals surface area (Å²) in [5.41, 5.74) is 6.48. The van der Waals surface area contributed by atoms with Gasteiger partial charge in [-0.3, -0.25) is 0 Å². The summed E-state index contributed by atoms with van der Waals surface area (Å²) in [6.45, 7) is 0. The number of hydrogen-bond donors (Lipinski definition) is 1. The second-order valence-corrected chi connectivity index (χ2v) is 3.41. The molecule has 1 aromatic rings. The summed E-state index contributed by atoms with van der Waals surface area (Å²) in [6.07, 6.45) is 5.15. The number of terminal acetylenes is 1. The minimum atomic E-state index is 0.622. The van der Waals surface area contributed by atoms with Crippen molar-refractivity contribution in [1.82, 2.24) is 0 Å². The second-order valence-electron chi connectivity index (χ2n) is 2.40. The molecule has 0 amide bonds. The second kappa shape index (κ2) is 4.68. The molecule has 0 atom stereocenters. The lowest BCUT2D eigenvalue weighted by atomic mass is 10.3. The van der Waals surface area contributed by atoms with Crippen LogP contribution < -0.4 is 10.5 Å². The Labute approximate surface area is 82.5 Å². The van der Waals surface area contributed by atoms with Gasteiger partial charge in [-0.2, -0.15) is 0 Å². The topological polar surface area (TPSA) is 35.2 Å². The van der Waals surface area contributed by atoms with Gasteiger partial charge in [0.1, 0.15) is 5.75 Å². The Kier molecular flexibility index (Phi) is 3.53. The third-order valence-corrected chi connectivity index (χ3v) is 2.51. The zero-order valence-electron chi connectivity index (χ0n) is 7.41. The number of rotatable bonds is 3. The lowest BCUT2D eigenvalue weighted by molar-refractivity contribution is 0.414. The maximum absolute atomic E-state index is 5.74. The third kappa shape index (κ3) is 2.60. The van der Waals surface area contributed by atoms with Crippen molar-refractivity contribution in [1.29, 1.82) is 0 Å². The van der Waals surface area contributed by atoms with Crippen molar-refractivity contribution in [3.63, 3.8) is 0 Å². The quantitative estimate of drug-likeness (QED) is 0.453. The first kappa shape index (κ1) is 9.82. The van der Waals surface area contributed by atoms with Crippen molar-refractivity contribution in [2.24, 2.45) is 0 Å². The van der Waals surface area contributed by atoms with Gasteiger partial charge in [0.05, 0.1) is 12.9 Å². The Morgan fingerprint density at radius 2 is 2.38 bits per heavy atom. The van der Waals surface area contributed by atoms with Crippen molar-refractivity contribution in [2.45, 2.75) is 4.90 Å². The molecule has 0 aliphatic carbocycles. The van der Waals surface area contributed by atoms with E-state index in [1.165, 1.54) is 11.8 Å². The summed E-state index contributed by atoms with van der Waals surface area (Å²) in [7, 11) is 1.63. The molecule has 0 heterocycles. The van der Waals surface area contributed by atoms with E-state index in [9.17, 15) is 0 Å². The minimum absolute atomic E-state index is 0.622. The van der Waals surface area contributed by atoms with E-state index >= 15 is 0 Å². The molecule has 68 valence electrons. The molecule has 0 spiro atoms. The van der Waals surface area contributed by atoms with E-state index in [-0.39, 0.29) is 0 Å². The fraction of sp³-hybridized carbons (Fsp3) is 0.200. The number of ether oxygens (including phenoxy) is 1. The van der Waals surface area contributed by atoms with Crippen LogP contribution in [0.1, 0.15) is 0 Å². The maximum atomic E-state index is 5.74. The van der Waals surface area contributed by atoms with Crippen LogP contribution in [0.25, 0.3) is 0 Å². The minimum Gasteiger partial charge on any atom is -0.497 e. The lowest BCUT2D eigenvalue weighted by Crippen LogP contribution is -1.90. The molecule has 2 nitrogen and oxygen atoms in total. The van der Waals surface area contributed by atoms with Crippen LogP contribution in [0.3, 0.4) is 0 Å². The zero-order chi connectivity index (χ0) is 9.68. The Morgan fingerprint density at radius 1 is 1.62 bits per heavy atom. The molecule has 13 heavy (non-hydrogen) atoms. The van der Waals surface area contributed by atoms with Crippen LogP contribution in [0, 0.1) is 12.3 Å². The van der Waals surface area contributed by atoms with Gasteiger partial charge in [-0.05, 0) is 18.2 Å². The highest BCUT2D eigenvalue weighted by Gasteiger charge is 2.00. The van der Waals surface area contributed by atoms with E-state index in [2.05, 4.69) is 5.92 Å². The fourth-order valence-electron chi connectivity index (χ4n) is 0.886. The predicted octanol–water partition coefficient (Wildman–Crippen LogP) is 2.00. The summed E-state index contributed by atoms with van der Waals surface area (Å²) < 4.78 is 5.07. The molecule has 1 aromatic carbocycles. The molecule has 0 aliphatic heterocycles. The molecule has 2 N–H and O–H groups in total. The Hall–Kier alpha value is -1.27. The molecule has 3 heteroatoms. The van der Waals surface area contributed by atoms with Gasteiger partial charge in [0.2, 0.25) is 0 Å². The molecule has 0 unspecified atom stereocenters. The summed E-state index contributed by atoms with van der Waals surface area (Å²) in [5, 5.41) is 0. The summed E-state index contributed by atoms with van der Waals surface area (Å²) in [6, 6.07) is 5.53. The predicted molar refractivity (Wildman–Crippen MR) is 57.0 cm³/mol.